The van der Waals surface area contributed by atoms with Gasteiger partial charge in [-0.3, -0.25) is 25.1 Å². The number of thioether (sulfide) groups is 1. The number of fused-ring (bicyclic) bond motifs is 2. The highest BCUT2D eigenvalue weighted by Crippen LogP contribution is 2.48. The van der Waals surface area contributed by atoms with Crippen LogP contribution in [0.4, 0.5) is 0 Å². The minimum Gasteiger partial charge on any atom is -0.348 e. The monoisotopic (exact) mass is 578 g/mol. The first-order valence-corrected chi connectivity index (χ1v) is 16.0. The Labute approximate surface area is 247 Å². The zero-order valence-electron chi connectivity index (χ0n) is 24.0. The molecule has 2 N–H and O–H groups in total. The number of nitriles is 1. The fourth-order valence-electron chi connectivity index (χ4n) is 7.65. The molecule has 6 rings (SSSR count). The molecule has 1 aliphatic carbocycles. The van der Waals surface area contributed by atoms with Gasteiger partial charge in [-0.15, -0.1) is 11.8 Å². The maximum atomic E-state index is 14.5. The predicted octanol–water partition coefficient (Wildman–Crippen LogP) is 2.09. The van der Waals surface area contributed by atoms with Gasteiger partial charge in [0.15, 0.2) is 12.1 Å². The number of rotatable bonds is 6. The lowest BCUT2D eigenvalue weighted by Crippen LogP contribution is -2.75. The van der Waals surface area contributed by atoms with Crippen LogP contribution in [0.25, 0.3) is 0 Å². The largest absolute Gasteiger partial charge is 0.348 e. The lowest BCUT2D eigenvalue weighted by molar-refractivity contribution is -0.144. The van der Waals surface area contributed by atoms with Crippen molar-refractivity contribution in [1.82, 2.24) is 25.3 Å². The number of ether oxygens (including phenoxy) is 1. The first-order valence-electron chi connectivity index (χ1n) is 15.1. The molecule has 7 atom stereocenters. The van der Waals surface area contributed by atoms with Crippen LogP contribution in [-0.4, -0.2) is 102 Å². The van der Waals surface area contributed by atoms with Crippen molar-refractivity contribution in [2.45, 2.75) is 79.7 Å². The lowest BCUT2D eigenvalue weighted by Gasteiger charge is -2.55. The van der Waals surface area contributed by atoms with Crippen LogP contribution in [0.2, 0.25) is 0 Å². The number of benzene rings is 1. The summed E-state index contributed by atoms with van der Waals surface area (Å²) in [6.45, 7) is 7.12. The maximum absolute atomic E-state index is 14.5. The summed E-state index contributed by atoms with van der Waals surface area (Å²) in [6, 6.07) is 10.6. The van der Waals surface area contributed by atoms with E-state index >= 15 is 0 Å². The molecule has 5 aliphatic rings. The van der Waals surface area contributed by atoms with Gasteiger partial charge in [-0.1, -0.05) is 30.8 Å². The molecule has 6 unspecified atom stereocenters. The van der Waals surface area contributed by atoms with E-state index < -0.39 is 11.1 Å². The van der Waals surface area contributed by atoms with Gasteiger partial charge < -0.3 is 14.5 Å². The Balaban J connectivity index is 1.24. The van der Waals surface area contributed by atoms with Gasteiger partial charge in [-0.2, -0.15) is 5.26 Å². The van der Waals surface area contributed by atoms with Crippen LogP contribution >= 0.6 is 11.8 Å². The van der Waals surface area contributed by atoms with Gasteiger partial charge >= 0.3 is 0 Å². The van der Waals surface area contributed by atoms with Crippen molar-refractivity contribution >= 4 is 23.5 Å². The fourth-order valence-corrected chi connectivity index (χ4v) is 9.15. The van der Waals surface area contributed by atoms with Crippen molar-refractivity contribution < 1.29 is 14.3 Å². The van der Waals surface area contributed by atoms with Crippen molar-refractivity contribution in [3.8, 4) is 6.07 Å². The average Bonchev–Trinajstić information content (AvgIpc) is 3.42. The zero-order chi connectivity index (χ0) is 28.6. The van der Waals surface area contributed by atoms with E-state index in [2.05, 4.69) is 64.4 Å². The number of hydrogen-bond donors (Lipinski definition) is 2. The number of carbonyl (C=O) groups excluding carboxylic acids is 2. The number of carbonyl (C=O) groups is 2. The number of amides is 1. The number of ketones is 1. The number of piperazine rings is 1. The van der Waals surface area contributed by atoms with Crippen molar-refractivity contribution in [3.63, 3.8) is 0 Å². The third-order valence-corrected chi connectivity index (χ3v) is 11.6. The highest BCUT2D eigenvalue weighted by atomic mass is 32.2. The van der Waals surface area contributed by atoms with E-state index in [9.17, 15) is 14.9 Å². The van der Waals surface area contributed by atoms with Crippen molar-refractivity contribution in [2.75, 3.05) is 39.8 Å². The van der Waals surface area contributed by atoms with Gasteiger partial charge in [0.1, 0.15) is 0 Å². The smallest absolute Gasteiger partial charge is 0.246 e. The molecule has 0 radical (unpaired) electrons. The van der Waals surface area contributed by atoms with Gasteiger partial charge in [-0.05, 0) is 62.9 Å². The number of nitrogens with zero attached hydrogens (tertiary/aromatic N) is 4. The Morgan fingerprint density at radius 3 is 2.80 bits per heavy atom. The van der Waals surface area contributed by atoms with E-state index in [1.54, 1.807) is 4.90 Å². The topological polar surface area (TPSA) is 101 Å². The highest BCUT2D eigenvalue weighted by Gasteiger charge is 2.55. The number of hydrogen-bond acceptors (Lipinski definition) is 9. The van der Waals surface area contributed by atoms with Crippen LogP contribution in [0.1, 0.15) is 43.2 Å². The molecule has 1 amide bonds. The molecule has 4 fully saturated rings. The van der Waals surface area contributed by atoms with Crippen LogP contribution in [0.3, 0.4) is 0 Å². The van der Waals surface area contributed by atoms with Gasteiger partial charge in [0.2, 0.25) is 5.91 Å². The average molecular weight is 579 g/mol. The van der Waals surface area contributed by atoms with Crippen molar-refractivity contribution in [3.05, 3.63) is 48.0 Å². The van der Waals surface area contributed by atoms with Crippen LogP contribution < -0.4 is 10.6 Å². The Morgan fingerprint density at radius 2 is 2.05 bits per heavy atom. The number of nitrogens with one attached hydrogen (secondary N) is 2. The minimum absolute atomic E-state index is 0.0734. The summed E-state index contributed by atoms with van der Waals surface area (Å²) in [5, 5.41) is 16.9. The predicted molar refractivity (Wildman–Crippen MR) is 159 cm³/mol. The summed E-state index contributed by atoms with van der Waals surface area (Å²) >= 11 is 1.82. The van der Waals surface area contributed by atoms with Gasteiger partial charge in [-0.25, -0.2) is 0 Å². The normalized spacial score (nSPS) is 36.0. The Kier molecular flexibility index (Phi) is 8.55. The van der Waals surface area contributed by atoms with Gasteiger partial charge in [0, 0.05) is 37.3 Å². The van der Waals surface area contributed by atoms with Gasteiger partial charge in [0.05, 0.1) is 42.1 Å². The van der Waals surface area contributed by atoms with Crippen LogP contribution in [0.15, 0.2) is 36.9 Å². The second kappa shape index (κ2) is 12.2. The molecule has 3 saturated heterocycles. The molecule has 10 heteroatoms. The molecular weight excluding hydrogens is 536 g/mol. The van der Waals surface area contributed by atoms with Crippen LogP contribution in [0.5, 0.6) is 0 Å². The summed E-state index contributed by atoms with van der Waals surface area (Å²) in [6.07, 6.45) is 5.91. The summed E-state index contributed by atoms with van der Waals surface area (Å²) in [4.78, 5) is 33.5. The summed E-state index contributed by atoms with van der Waals surface area (Å²) in [7, 11) is 2.15. The molecule has 1 saturated carbocycles. The van der Waals surface area contributed by atoms with E-state index in [0.29, 0.717) is 38.1 Å². The second-order valence-electron chi connectivity index (χ2n) is 12.3. The second-order valence-corrected chi connectivity index (χ2v) is 13.6. The summed E-state index contributed by atoms with van der Waals surface area (Å²) in [5.74, 6) is 1.10. The first-order chi connectivity index (χ1) is 19.9. The van der Waals surface area contributed by atoms with Crippen LogP contribution in [0, 0.1) is 17.2 Å². The third kappa shape index (κ3) is 5.61. The summed E-state index contributed by atoms with van der Waals surface area (Å²) in [5.41, 5.74) is 2.63. The molecular formula is C31H42N6O3S. The minimum atomic E-state index is -0.447. The molecule has 4 aliphatic heterocycles. The molecule has 1 aromatic carbocycles. The molecule has 41 heavy (non-hydrogen) atoms. The van der Waals surface area contributed by atoms with Crippen LogP contribution in [-0.2, 0) is 26.5 Å². The molecule has 4 heterocycles. The first kappa shape index (κ1) is 28.8. The van der Waals surface area contributed by atoms with E-state index in [0.717, 1.165) is 38.0 Å². The SMILES string of the molecule is C=CC(=O)N1CCN(C2NC(OCC3CCCN3C)NC3C(=O)[C@]4(CCC32)Cc2ccccc2CS4)CC1CC#N. The number of Topliss-reactive ketones (excluding diaryl/α,β-unsaturated/α-hetero) is 1. The Bertz CT molecular complexity index is 1210. The van der Waals surface area contributed by atoms with E-state index in [1.165, 1.54) is 23.6 Å². The molecule has 1 spiro atoms. The fraction of sp³-hybridized carbons (Fsp3) is 0.645. The van der Waals surface area contributed by atoms with Gasteiger partial charge in [0.25, 0.3) is 0 Å². The quantitative estimate of drug-likeness (QED) is 0.492. The maximum Gasteiger partial charge on any atom is 0.246 e. The number of likely N-dealkylation sites (tertiary alicyclic amines) is 1. The van der Waals surface area contributed by atoms with E-state index in [4.69, 9.17) is 4.74 Å². The molecule has 1 aromatic rings. The lowest BCUT2D eigenvalue weighted by atomic mass is 9.71. The molecule has 9 nitrogen and oxygen atoms in total. The highest BCUT2D eigenvalue weighted by molar-refractivity contribution is 8.00. The Hall–Kier alpha value is -2.26. The third-order valence-electron chi connectivity index (χ3n) is 10.0. The molecule has 0 bridgehead atoms. The Morgan fingerprint density at radius 1 is 1.22 bits per heavy atom. The number of likely N-dealkylation sites (N-methyl/N-ethyl adjacent to an activating group) is 1. The van der Waals surface area contributed by atoms with E-state index in [-0.39, 0.29) is 36.5 Å². The molecule has 0 aromatic heterocycles. The standard InChI is InChI=1S/C31H42N6O3S/c1-3-26(38)37-16-15-36(18-23(37)11-13-32)29-25-10-12-31(17-21-7-4-5-8-22(21)20-41-31)28(39)27(25)33-30(34-29)40-19-24-9-6-14-35(24)2/h3-5,7-8,23-25,27,29-30,33-34H,1,6,9-12,14-20H2,2H3/t23?,24?,25?,27?,29?,30?,31-/m0/s1. The summed E-state index contributed by atoms with van der Waals surface area (Å²) < 4.78 is 6.04. The zero-order valence-corrected chi connectivity index (χ0v) is 24.8. The van der Waals surface area contributed by atoms with Crippen molar-refractivity contribution in [2.24, 2.45) is 5.92 Å². The van der Waals surface area contributed by atoms with Crippen molar-refractivity contribution in [1.29, 1.82) is 5.26 Å². The molecule has 220 valence electrons. The van der Waals surface area contributed by atoms with E-state index in [1.807, 2.05) is 11.8 Å².